The molecule has 4 heteroatoms. The Morgan fingerprint density at radius 2 is 1.65 bits per heavy atom. The van der Waals surface area contributed by atoms with Gasteiger partial charge in [-0.25, -0.2) is 4.99 Å². The Labute approximate surface area is 155 Å². The van der Waals surface area contributed by atoms with E-state index in [-0.39, 0.29) is 11.5 Å². The van der Waals surface area contributed by atoms with Crippen LogP contribution in [0.1, 0.15) is 45.7 Å². The van der Waals surface area contributed by atoms with E-state index < -0.39 is 0 Å². The summed E-state index contributed by atoms with van der Waals surface area (Å²) in [7, 11) is 0. The summed E-state index contributed by atoms with van der Waals surface area (Å²) >= 11 is 0. The van der Waals surface area contributed by atoms with E-state index in [1.54, 1.807) is 0 Å². The molecule has 0 saturated carbocycles. The van der Waals surface area contributed by atoms with E-state index in [2.05, 4.69) is 29.8 Å². The fraction of sp³-hybridized carbons (Fsp3) is 0.364. The molecule has 1 aliphatic heterocycles. The SMILES string of the molecule is CCN(CC)c1ccc(C2=C(O)C(=C3[NH+]=C(C)C(C)=C3C)C2=O)c(C)c1. The second-order valence-corrected chi connectivity index (χ2v) is 6.97. The zero-order valence-corrected chi connectivity index (χ0v) is 16.4. The lowest BCUT2D eigenvalue weighted by atomic mass is 9.80. The number of aliphatic hydroxyl groups is 1. The summed E-state index contributed by atoms with van der Waals surface area (Å²) in [6, 6.07) is 6.05. The first-order valence-corrected chi connectivity index (χ1v) is 9.19. The molecule has 2 N–H and O–H groups in total. The van der Waals surface area contributed by atoms with Crippen LogP contribution >= 0.6 is 0 Å². The number of hydrogen-bond donors (Lipinski definition) is 2. The van der Waals surface area contributed by atoms with Gasteiger partial charge in [-0.05, 0) is 57.9 Å². The van der Waals surface area contributed by atoms with Crippen LogP contribution in [0, 0.1) is 6.92 Å². The second kappa shape index (κ2) is 6.60. The Balaban J connectivity index is 2.05. The van der Waals surface area contributed by atoms with E-state index in [4.69, 9.17) is 0 Å². The zero-order valence-electron chi connectivity index (χ0n) is 16.4. The van der Waals surface area contributed by atoms with Crippen molar-refractivity contribution in [1.82, 2.24) is 0 Å². The van der Waals surface area contributed by atoms with Crippen LogP contribution < -0.4 is 9.89 Å². The molecule has 3 rings (SSSR count). The predicted molar refractivity (Wildman–Crippen MR) is 106 cm³/mol. The Morgan fingerprint density at radius 1 is 1.00 bits per heavy atom. The highest BCUT2D eigenvalue weighted by Gasteiger charge is 2.42. The molecule has 0 atom stereocenters. The fourth-order valence-corrected chi connectivity index (χ4v) is 3.69. The number of nitrogens with zero attached hydrogens (tertiary/aromatic N) is 1. The molecule has 0 radical (unpaired) electrons. The van der Waals surface area contributed by atoms with E-state index >= 15 is 0 Å². The van der Waals surface area contributed by atoms with E-state index in [0.29, 0.717) is 11.1 Å². The molecule has 4 nitrogen and oxygen atoms in total. The van der Waals surface area contributed by atoms with Crippen LogP contribution in [0.5, 0.6) is 0 Å². The minimum Gasteiger partial charge on any atom is -0.506 e. The molecule has 1 aliphatic carbocycles. The molecule has 26 heavy (non-hydrogen) atoms. The number of nitrogens with one attached hydrogen (secondary N) is 1. The Bertz CT molecular complexity index is 925. The van der Waals surface area contributed by atoms with Crippen LogP contribution in [0.4, 0.5) is 5.69 Å². The molecular weight excluding hydrogens is 324 g/mol. The number of carbonyl (C=O) groups is 1. The number of aryl methyl sites for hydroxylation is 1. The third-order valence-corrected chi connectivity index (χ3v) is 5.60. The lowest BCUT2D eigenvalue weighted by molar-refractivity contribution is -0.389. The van der Waals surface area contributed by atoms with Gasteiger partial charge in [0.2, 0.25) is 11.5 Å². The van der Waals surface area contributed by atoms with Crippen LogP contribution in [-0.2, 0) is 4.79 Å². The van der Waals surface area contributed by atoms with E-state index in [0.717, 1.165) is 52.5 Å². The summed E-state index contributed by atoms with van der Waals surface area (Å²) < 4.78 is 0. The third-order valence-electron chi connectivity index (χ3n) is 5.60. The first-order chi connectivity index (χ1) is 12.3. The number of allylic oxidation sites excluding steroid dienone is 4. The van der Waals surface area contributed by atoms with Crippen molar-refractivity contribution in [3.63, 3.8) is 0 Å². The first kappa shape index (κ1) is 18.2. The molecule has 0 spiro atoms. The number of hydrogen-bond acceptors (Lipinski definition) is 3. The van der Waals surface area contributed by atoms with Gasteiger partial charge in [-0.1, -0.05) is 6.07 Å². The lowest BCUT2D eigenvalue weighted by Crippen LogP contribution is -2.69. The molecule has 0 aromatic heterocycles. The molecule has 1 aromatic carbocycles. The molecule has 0 amide bonds. The van der Waals surface area contributed by atoms with Crippen molar-refractivity contribution >= 4 is 22.8 Å². The zero-order chi connectivity index (χ0) is 19.2. The van der Waals surface area contributed by atoms with E-state index in [1.165, 1.54) is 0 Å². The monoisotopic (exact) mass is 351 g/mol. The van der Waals surface area contributed by atoms with Crippen molar-refractivity contribution in [3.05, 3.63) is 57.5 Å². The summed E-state index contributed by atoms with van der Waals surface area (Å²) in [6.45, 7) is 14.1. The van der Waals surface area contributed by atoms with Crippen LogP contribution in [0.25, 0.3) is 5.57 Å². The van der Waals surface area contributed by atoms with Crippen molar-refractivity contribution in [1.29, 1.82) is 0 Å². The second-order valence-electron chi connectivity index (χ2n) is 6.97. The van der Waals surface area contributed by atoms with Gasteiger partial charge in [0, 0.05) is 36.8 Å². The third kappa shape index (κ3) is 2.61. The Kier molecular flexibility index (Phi) is 4.61. The van der Waals surface area contributed by atoms with Crippen molar-refractivity contribution in [2.75, 3.05) is 18.0 Å². The number of rotatable bonds is 4. The lowest BCUT2D eigenvalue weighted by Gasteiger charge is -2.25. The van der Waals surface area contributed by atoms with Gasteiger partial charge >= 0.3 is 0 Å². The molecule has 0 fully saturated rings. The largest absolute Gasteiger partial charge is 0.506 e. The van der Waals surface area contributed by atoms with Gasteiger partial charge in [-0.3, -0.25) is 4.79 Å². The quantitative estimate of drug-likeness (QED) is 0.820. The van der Waals surface area contributed by atoms with E-state index in [1.807, 2.05) is 39.8 Å². The molecule has 2 aliphatic rings. The van der Waals surface area contributed by atoms with Gasteiger partial charge in [0.25, 0.3) is 0 Å². The standard InChI is InChI=1S/C22H26N2O2/c1-7-24(8-2)16-9-10-17(12(3)11-16)18-21(25)19(22(18)26)20-14(5)13(4)15(6)23-20/h9-11,25H,7-8H2,1-6H3/p+1. The van der Waals surface area contributed by atoms with Crippen LogP contribution in [0.3, 0.4) is 0 Å². The van der Waals surface area contributed by atoms with Crippen molar-refractivity contribution < 1.29 is 14.9 Å². The summed E-state index contributed by atoms with van der Waals surface area (Å²) in [5, 5.41) is 10.7. The van der Waals surface area contributed by atoms with E-state index in [9.17, 15) is 9.90 Å². The molecule has 136 valence electrons. The molecule has 1 aromatic rings. The highest BCUT2D eigenvalue weighted by molar-refractivity contribution is 6.39. The van der Waals surface area contributed by atoms with Gasteiger partial charge in [0.1, 0.15) is 11.3 Å². The van der Waals surface area contributed by atoms with Gasteiger partial charge in [-0.15, -0.1) is 0 Å². The Morgan fingerprint density at radius 3 is 2.12 bits per heavy atom. The maximum absolute atomic E-state index is 12.8. The van der Waals surface area contributed by atoms with Crippen molar-refractivity contribution in [2.45, 2.75) is 41.5 Å². The number of aliphatic hydroxyl groups excluding tert-OH is 1. The highest BCUT2D eigenvalue weighted by atomic mass is 16.3. The predicted octanol–water partition coefficient (Wildman–Crippen LogP) is 2.84. The highest BCUT2D eigenvalue weighted by Crippen LogP contribution is 2.40. The summed E-state index contributed by atoms with van der Waals surface area (Å²) in [5.41, 5.74) is 7.69. The maximum atomic E-state index is 12.8. The van der Waals surface area contributed by atoms with Crippen LogP contribution in [-0.4, -0.2) is 29.7 Å². The number of carbonyl (C=O) groups excluding carboxylic acids is 1. The average Bonchev–Trinajstić information content (AvgIpc) is 2.85. The van der Waals surface area contributed by atoms with Gasteiger partial charge in [0.15, 0.2) is 5.71 Å². The van der Waals surface area contributed by atoms with Crippen molar-refractivity contribution in [3.8, 4) is 0 Å². The topological polar surface area (TPSA) is 54.5 Å². The van der Waals surface area contributed by atoms with Crippen LogP contribution in [0.2, 0.25) is 0 Å². The fourth-order valence-electron chi connectivity index (χ4n) is 3.69. The molecule has 1 heterocycles. The summed E-state index contributed by atoms with van der Waals surface area (Å²) in [4.78, 5) is 18.3. The minimum absolute atomic E-state index is 0.0921. The minimum atomic E-state index is -0.0921. The number of Topliss-reactive ketones (excluding diaryl/α,β-unsaturated/α-hetero) is 1. The normalized spacial score (nSPS) is 19.9. The molecule has 0 saturated heterocycles. The number of anilines is 1. The number of benzene rings is 1. The van der Waals surface area contributed by atoms with Gasteiger partial charge < -0.3 is 10.0 Å². The average molecular weight is 351 g/mol. The molecule has 0 bridgehead atoms. The van der Waals surface area contributed by atoms with Crippen molar-refractivity contribution in [2.24, 2.45) is 0 Å². The first-order valence-electron chi connectivity index (χ1n) is 9.19. The summed E-state index contributed by atoms with van der Waals surface area (Å²) in [5.74, 6) is 0.00331. The molecular formula is C22H27N2O2+. The van der Waals surface area contributed by atoms with Gasteiger partial charge in [0.05, 0.1) is 5.57 Å². The summed E-state index contributed by atoms with van der Waals surface area (Å²) in [6.07, 6.45) is 0. The Hall–Kier alpha value is -2.62. The smallest absolute Gasteiger partial charge is 0.222 e. The van der Waals surface area contributed by atoms with Gasteiger partial charge in [-0.2, -0.15) is 0 Å². The molecule has 0 unspecified atom stereocenters. The van der Waals surface area contributed by atoms with Crippen LogP contribution in [0.15, 0.2) is 46.4 Å². The number of ketones is 1. The maximum Gasteiger partial charge on any atom is 0.222 e.